The lowest BCUT2D eigenvalue weighted by Gasteiger charge is -2.22. The molecular weight excluding hydrogens is 262 g/mol. The van der Waals surface area contributed by atoms with E-state index < -0.39 is 0 Å². The van der Waals surface area contributed by atoms with Crippen molar-refractivity contribution < 1.29 is 4.42 Å². The molecule has 2 heterocycles. The second kappa shape index (κ2) is 6.48. The van der Waals surface area contributed by atoms with Gasteiger partial charge >= 0.3 is 0 Å². The number of rotatable bonds is 4. The fourth-order valence-electron chi connectivity index (χ4n) is 2.68. The smallest absolute Gasteiger partial charge is 0.198 e. The molecule has 0 unspecified atom stereocenters. The number of nitrogens with one attached hydrogen (secondary N) is 1. The maximum Gasteiger partial charge on any atom is 0.198 e. The molecule has 1 aromatic carbocycles. The van der Waals surface area contributed by atoms with E-state index in [0.29, 0.717) is 0 Å². The Morgan fingerprint density at radius 1 is 1.29 bits per heavy atom. The van der Waals surface area contributed by atoms with Crippen LogP contribution in [0.25, 0.3) is 0 Å². The molecule has 0 saturated carbocycles. The Morgan fingerprint density at radius 2 is 2.19 bits per heavy atom. The fourth-order valence-corrected chi connectivity index (χ4v) is 2.68. The summed E-state index contributed by atoms with van der Waals surface area (Å²) in [4.78, 5) is 7.02. The van der Waals surface area contributed by atoms with Crippen molar-refractivity contribution in [2.75, 3.05) is 24.5 Å². The Bertz CT molecular complexity index is 604. The quantitative estimate of drug-likeness (QED) is 0.693. The number of para-hydroxylation sites is 1. The highest BCUT2D eigenvalue weighted by molar-refractivity contribution is 5.97. The molecule has 4 nitrogen and oxygen atoms in total. The van der Waals surface area contributed by atoms with Gasteiger partial charge in [0, 0.05) is 31.7 Å². The van der Waals surface area contributed by atoms with E-state index in [-0.39, 0.29) is 0 Å². The van der Waals surface area contributed by atoms with E-state index in [0.717, 1.165) is 44.2 Å². The van der Waals surface area contributed by atoms with Gasteiger partial charge in [-0.15, -0.1) is 0 Å². The van der Waals surface area contributed by atoms with Crippen LogP contribution in [-0.2, 0) is 12.8 Å². The molecule has 1 aliphatic rings. The molecule has 110 valence electrons. The van der Waals surface area contributed by atoms with Crippen molar-refractivity contribution in [3.63, 3.8) is 0 Å². The van der Waals surface area contributed by atoms with Crippen molar-refractivity contribution in [2.45, 2.75) is 19.8 Å². The summed E-state index contributed by atoms with van der Waals surface area (Å²) in [7, 11) is 0. The van der Waals surface area contributed by atoms with Crippen LogP contribution in [0.4, 0.5) is 5.69 Å². The van der Waals surface area contributed by atoms with Gasteiger partial charge in [0.25, 0.3) is 0 Å². The SMILES string of the molecule is CCNC(=NCCc1ccco1)N1CCc2ccccc21. The van der Waals surface area contributed by atoms with Gasteiger partial charge < -0.3 is 14.6 Å². The summed E-state index contributed by atoms with van der Waals surface area (Å²) in [5.74, 6) is 1.95. The van der Waals surface area contributed by atoms with Crippen LogP contribution >= 0.6 is 0 Å². The predicted molar refractivity (Wildman–Crippen MR) is 85.9 cm³/mol. The van der Waals surface area contributed by atoms with Gasteiger partial charge in [-0.25, -0.2) is 0 Å². The zero-order valence-electron chi connectivity index (χ0n) is 12.4. The van der Waals surface area contributed by atoms with Gasteiger partial charge in [-0.3, -0.25) is 4.99 Å². The Balaban J connectivity index is 1.72. The molecule has 2 aromatic rings. The second-order valence-electron chi connectivity index (χ2n) is 5.10. The van der Waals surface area contributed by atoms with Crippen LogP contribution in [-0.4, -0.2) is 25.6 Å². The monoisotopic (exact) mass is 283 g/mol. The van der Waals surface area contributed by atoms with Crippen LogP contribution in [0.15, 0.2) is 52.1 Å². The number of aliphatic imine (C=N–C) groups is 1. The van der Waals surface area contributed by atoms with Crippen molar-refractivity contribution in [3.8, 4) is 0 Å². The van der Waals surface area contributed by atoms with Crippen molar-refractivity contribution in [1.82, 2.24) is 5.32 Å². The number of furan rings is 1. The van der Waals surface area contributed by atoms with Gasteiger partial charge in [0.15, 0.2) is 5.96 Å². The summed E-state index contributed by atoms with van der Waals surface area (Å²) in [5.41, 5.74) is 2.67. The van der Waals surface area contributed by atoms with E-state index in [2.05, 4.69) is 41.4 Å². The highest BCUT2D eigenvalue weighted by atomic mass is 16.3. The molecule has 0 spiro atoms. The number of guanidine groups is 1. The summed E-state index contributed by atoms with van der Waals surface area (Å²) < 4.78 is 5.35. The van der Waals surface area contributed by atoms with Crippen LogP contribution in [0.5, 0.6) is 0 Å². The third-order valence-corrected chi connectivity index (χ3v) is 3.68. The van der Waals surface area contributed by atoms with Crippen molar-refractivity contribution in [3.05, 3.63) is 54.0 Å². The Morgan fingerprint density at radius 3 is 3.00 bits per heavy atom. The summed E-state index contributed by atoms with van der Waals surface area (Å²) in [5, 5.41) is 3.39. The van der Waals surface area contributed by atoms with E-state index in [4.69, 9.17) is 9.41 Å². The van der Waals surface area contributed by atoms with E-state index >= 15 is 0 Å². The van der Waals surface area contributed by atoms with E-state index in [1.165, 1.54) is 11.3 Å². The lowest BCUT2D eigenvalue weighted by atomic mass is 10.2. The van der Waals surface area contributed by atoms with Crippen LogP contribution in [0.3, 0.4) is 0 Å². The zero-order chi connectivity index (χ0) is 14.5. The number of hydrogen-bond donors (Lipinski definition) is 1. The minimum atomic E-state index is 0.731. The Labute approximate surface area is 125 Å². The van der Waals surface area contributed by atoms with Gasteiger partial charge in [0.05, 0.1) is 6.26 Å². The van der Waals surface area contributed by atoms with Crippen LogP contribution in [0, 0.1) is 0 Å². The topological polar surface area (TPSA) is 40.8 Å². The van der Waals surface area contributed by atoms with E-state index in [1.54, 1.807) is 6.26 Å². The third kappa shape index (κ3) is 3.10. The normalized spacial score (nSPS) is 14.3. The molecule has 21 heavy (non-hydrogen) atoms. The number of hydrogen-bond acceptors (Lipinski definition) is 2. The van der Waals surface area contributed by atoms with Crippen LogP contribution < -0.4 is 10.2 Å². The Hall–Kier alpha value is -2.23. The summed E-state index contributed by atoms with van der Waals surface area (Å²) in [6, 6.07) is 12.5. The molecule has 3 rings (SSSR count). The highest BCUT2D eigenvalue weighted by Crippen LogP contribution is 2.27. The van der Waals surface area contributed by atoms with Crippen molar-refractivity contribution in [1.29, 1.82) is 0 Å². The number of nitrogens with zero attached hydrogens (tertiary/aromatic N) is 2. The predicted octanol–water partition coefficient (Wildman–Crippen LogP) is 2.85. The molecule has 0 bridgehead atoms. The molecule has 1 aliphatic heterocycles. The van der Waals surface area contributed by atoms with Gasteiger partial charge in [0.1, 0.15) is 5.76 Å². The first-order valence-corrected chi connectivity index (χ1v) is 7.54. The van der Waals surface area contributed by atoms with E-state index in [9.17, 15) is 0 Å². The van der Waals surface area contributed by atoms with Gasteiger partial charge in [-0.05, 0) is 37.1 Å². The van der Waals surface area contributed by atoms with Gasteiger partial charge in [-0.2, -0.15) is 0 Å². The highest BCUT2D eigenvalue weighted by Gasteiger charge is 2.22. The third-order valence-electron chi connectivity index (χ3n) is 3.68. The molecule has 0 aliphatic carbocycles. The Kier molecular flexibility index (Phi) is 4.24. The van der Waals surface area contributed by atoms with Crippen LogP contribution in [0.1, 0.15) is 18.2 Å². The standard InChI is InChI=1S/C17H21N3O/c1-2-18-17(19-11-9-15-7-5-13-21-15)20-12-10-14-6-3-4-8-16(14)20/h3-8,13H,2,9-12H2,1H3,(H,18,19). The first kappa shape index (κ1) is 13.7. The lowest BCUT2D eigenvalue weighted by molar-refractivity contribution is 0.511. The molecule has 0 atom stereocenters. The van der Waals surface area contributed by atoms with Crippen LogP contribution in [0.2, 0.25) is 0 Å². The van der Waals surface area contributed by atoms with Gasteiger partial charge in [-0.1, -0.05) is 18.2 Å². The first-order valence-electron chi connectivity index (χ1n) is 7.54. The molecule has 0 amide bonds. The minimum Gasteiger partial charge on any atom is -0.469 e. The summed E-state index contributed by atoms with van der Waals surface area (Å²) in [6.07, 6.45) is 3.62. The molecule has 0 radical (unpaired) electrons. The summed E-state index contributed by atoms with van der Waals surface area (Å²) in [6.45, 7) is 4.70. The molecule has 1 aromatic heterocycles. The largest absolute Gasteiger partial charge is 0.469 e. The fraction of sp³-hybridized carbons (Fsp3) is 0.353. The van der Waals surface area contributed by atoms with E-state index in [1.807, 2.05) is 12.1 Å². The first-order chi connectivity index (χ1) is 10.4. The molecule has 4 heteroatoms. The van der Waals surface area contributed by atoms with Gasteiger partial charge in [0.2, 0.25) is 0 Å². The maximum absolute atomic E-state index is 5.35. The zero-order valence-corrected chi connectivity index (χ0v) is 12.4. The van der Waals surface area contributed by atoms with Crippen molar-refractivity contribution >= 4 is 11.6 Å². The molecule has 1 N–H and O–H groups in total. The minimum absolute atomic E-state index is 0.731. The number of anilines is 1. The molecule has 0 fully saturated rings. The number of fused-ring (bicyclic) bond motifs is 1. The average molecular weight is 283 g/mol. The maximum atomic E-state index is 5.35. The summed E-state index contributed by atoms with van der Waals surface area (Å²) >= 11 is 0. The second-order valence-corrected chi connectivity index (χ2v) is 5.10. The lowest BCUT2D eigenvalue weighted by Crippen LogP contribution is -2.40. The molecular formula is C17H21N3O. The van der Waals surface area contributed by atoms with Crippen molar-refractivity contribution in [2.24, 2.45) is 4.99 Å². The average Bonchev–Trinajstić information content (AvgIpc) is 3.16. The molecule has 0 saturated heterocycles. The number of benzene rings is 1.